The number of halogens is 1. The lowest BCUT2D eigenvalue weighted by atomic mass is 9.89. The summed E-state index contributed by atoms with van der Waals surface area (Å²) in [7, 11) is 0. The van der Waals surface area contributed by atoms with Crippen molar-refractivity contribution in [3.05, 3.63) is 29.6 Å². The summed E-state index contributed by atoms with van der Waals surface area (Å²) in [5.41, 5.74) is 0.982. The number of likely N-dealkylation sites (tertiary alicyclic amines) is 1. The van der Waals surface area contributed by atoms with Crippen LogP contribution >= 0.6 is 0 Å². The second kappa shape index (κ2) is 8.36. The quantitative estimate of drug-likeness (QED) is 0.777. The Bertz CT molecular complexity index is 804. The number of benzene rings is 1. The van der Waals surface area contributed by atoms with Gasteiger partial charge in [0.15, 0.2) is 0 Å². The first-order valence-electron chi connectivity index (χ1n) is 10.0. The molecular weight excluding hydrogens is 379 g/mol. The van der Waals surface area contributed by atoms with E-state index in [4.69, 9.17) is 4.74 Å². The zero-order chi connectivity index (χ0) is 20.4. The van der Waals surface area contributed by atoms with Gasteiger partial charge in [0.1, 0.15) is 5.82 Å². The fourth-order valence-corrected chi connectivity index (χ4v) is 4.14. The minimum absolute atomic E-state index is 0.00332. The Labute approximate surface area is 168 Å². The van der Waals surface area contributed by atoms with E-state index in [0.717, 1.165) is 0 Å². The van der Waals surface area contributed by atoms with Crippen molar-refractivity contribution in [1.82, 2.24) is 15.1 Å². The highest BCUT2D eigenvalue weighted by Gasteiger charge is 2.33. The molecular formula is C20H25FN4O4. The number of rotatable bonds is 2. The molecule has 156 valence electrons. The van der Waals surface area contributed by atoms with Crippen LogP contribution in [0.2, 0.25) is 0 Å². The lowest BCUT2D eigenvalue weighted by Gasteiger charge is -2.37. The van der Waals surface area contributed by atoms with E-state index in [1.54, 1.807) is 4.90 Å². The molecule has 0 saturated carbocycles. The van der Waals surface area contributed by atoms with Gasteiger partial charge in [-0.3, -0.25) is 9.59 Å². The Morgan fingerprint density at radius 3 is 2.52 bits per heavy atom. The number of ether oxygens (including phenoxy) is 1. The van der Waals surface area contributed by atoms with E-state index >= 15 is 0 Å². The average Bonchev–Trinajstić information content (AvgIpc) is 2.74. The van der Waals surface area contributed by atoms with Crippen LogP contribution in [-0.4, -0.2) is 73.1 Å². The first kappa shape index (κ1) is 19.6. The molecule has 1 aromatic rings. The van der Waals surface area contributed by atoms with Crippen LogP contribution in [0, 0.1) is 5.82 Å². The molecule has 29 heavy (non-hydrogen) atoms. The predicted octanol–water partition coefficient (Wildman–Crippen LogP) is 1.28. The van der Waals surface area contributed by atoms with Crippen molar-refractivity contribution >= 4 is 23.5 Å². The number of anilines is 1. The van der Waals surface area contributed by atoms with Crippen LogP contribution in [0.3, 0.4) is 0 Å². The fraction of sp³-hybridized carbons (Fsp3) is 0.550. The van der Waals surface area contributed by atoms with E-state index in [-0.39, 0.29) is 30.3 Å². The number of carbonyl (C=O) groups excluding carboxylic acids is 3. The Hall–Kier alpha value is -2.68. The summed E-state index contributed by atoms with van der Waals surface area (Å²) in [6.07, 6.45) is 1.30. The summed E-state index contributed by atoms with van der Waals surface area (Å²) in [6, 6.07) is 4.01. The maximum Gasteiger partial charge on any atom is 0.320 e. The summed E-state index contributed by atoms with van der Waals surface area (Å²) in [4.78, 5) is 41.0. The Morgan fingerprint density at radius 1 is 1.10 bits per heavy atom. The Morgan fingerprint density at radius 2 is 1.79 bits per heavy atom. The van der Waals surface area contributed by atoms with Gasteiger partial charge in [0, 0.05) is 44.3 Å². The van der Waals surface area contributed by atoms with Gasteiger partial charge in [-0.25, -0.2) is 9.18 Å². The molecule has 4 amide bonds. The van der Waals surface area contributed by atoms with Gasteiger partial charge in [-0.1, -0.05) is 0 Å². The van der Waals surface area contributed by atoms with Crippen LogP contribution in [0.25, 0.3) is 0 Å². The smallest absolute Gasteiger partial charge is 0.320 e. The fourth-order valence-electron chi connectivity index (χ4n) is 4.14. The van der Waals surface area contributed by atoms with E-state index in [1.807, 2.05) is 4.90 Å². The SMILES string of the molecule is O=C1CC(C(=O)NC2CCN(C(=O)N3CCOCC3)CC2)c2cc(F)ccc2N1. The molecule has 1 atom stereocenters. The number of morpholine rings is 1. The van der Waals surface area contributed by atoms with Crippen molar-refractivity contribution in [2.24, 2.45) is 0 Å². The van der Waals surface area contributed by atoms with Crippen LogP contribution in [0.5, 0.6) is 0 Å². The molecule has 0 bridgehead atoms. The van der Waals surface area contributed by atoms with Crippen molar-refractivity contribution in [2.75, 3.05) is 44.7 Å². The van der Waals surface area contributed by atoms with Crippen LogP contribution < -0.4 is 10.6 Å². The van der Waals surface area contributed by atoms with Crippen LogP contribution in [0.15, 0.2) is 18.2 Å². The first-order chi connectivity index (χ1) is 14.0. The van der Waals surface area contributed by atoms with E-state index in [2.05, 4.69) is 10.6 Å². The third kappa shape index (κ3) is 4.34. The second-order valence-electron chi connectivity index (χ2n) is 7.69. The van der Waals surface area contributed by atoms with E-state index < -0.39 is 11.7 Å². The molecule has 1 aromatic carbocycles. The average molecular weight is 404 g/mol. The third-order valence-corrected chi connectivity index (χ3v) is 5.76. The summed E-state index contributed by atoms with van der Waals surface area (Å²) in [5.74, 6) is -1.67. The largest absolute Gasteiger partial charge is 0.378 e. The summed E-state index contributed by atoms with van der Waals surface area (Å²) in [5, 5.41) is 5.68. The molecule has 8 nitrogen and oxygen atoms in total. The van der Waals surface area contributed by atoms with Crippen molar-refractivity contribution in [3.8, 4) is 0 Å². The zero-order valence-corrected chi connectivity index (χ0v) is 16.2. The minimum atomic E-state index is -0.706. The number of urea groups is 1. The van der Waals surface area contributed by atoms with Crippen LogP contribution in [0.1, 0.15) is 30.7 Å². The zero-order valence-electron chi connectivity index (χ0n) is 16.2. The van der Waals surface area contributed by atoms with Crippen LogP contribution in [0.4, 0.5) is 14.9 Å². The van der Waals surface area contributed by atoms with E-state index in [0.29, 0.717) is 63.5 Å². The normalized spacial score (nSPS) is 22.7. The van der Waals surface area contributed by atoms with Crippen LogP contribution in [-0.2, 0) is 14.3 Å². The van der Waals surface area contributed by atoms with Gasteiger partial charge in [0.05, 0.1) is 19.1 Å². The number of nitrogens with one attached hydrogen (secondary N) is 2. The number of piperidine rings is 1. The lowest BCUT2D eigenvalue weighted by Crippen LogP contribution is -2.53. The van der Waals surface area contributed by atoms with Gasteiger partial charge in [-0.2, -0.15) is 0 Å². The molecule has 2 saturated heterocycles. The van der Waals surface area contributed by atoms with Gasteiger partial charge >= 0.3 is 6.03 Å². The third-order valence-electron chi connectivity index (χ3n) is 5.76. The molecule has 2 fully saturated rings. The highest BCUT2D eigenvalue weighted by atomic mass is 19.1. The molecule has 0 spiro atoms. The summed E-state index contributed by atoms with van der Waals surface area (Å²) < 4.78 is 18.9. The molecule has 0 aliphatic carbocycles. The van der Waals surface area contributed by atoms with E-state index in [1.165, 1.54) is 18.2 Å². The predicted molar refractivity (Wildman–Crippen MR) is 103 cm³/mol. The summed E-state index contributed by atoms with van der Waals surface area (Å²) >= 11 is 0. The molecule has 0 radical (unpaired) electrons. The van der Waals surface area contributed by atoms with Crippen molar-refractivity contribution in [1.29, 1.82) is 0 Å². The topological polar surface area (TPSA) is 91.0 Å². The van der Waals surface area contributed by atoms with Crippen molar-refractivity contribution < 1.29 is 23.5 Å². The molecule has 2 N–H and O–H groups in total. The van der Waals surface area contributed by atoms with Gasteiger partial charge in [-0.05, 0) is 36.6 Å². The monoisotopic (exact) mass is 404 g/mol. The minimum Gasteiger partial charge on any atom is -0.378 e. The highest BCUT2D eigenvalue weighted by molar-refractivity contribution is 6.01. The standard InChI is InChI=1S/C20H25FN4O4/c21-13-1-2-17-15(11-13)16(12-18(26)23-17)19(27)22-14-3-5-24(6-4-14)20(28)25-7-9-29-10-8-25/h1-2,11,14,16H,3-10,12H2,(H,22,27)(H,23,26). The molecule has 3 heterocycles. The molecule has 3 aliphatic rings. The maximum absolute atomic E-state index is 13.7. The number of fused-ring (bicyclic) bond motifs is 1. The van der Waals surface area contributed by atoms with Crippen molar-refractivity contribution in [2.45, 2.75) is 31.2 Å². The number of hydrogen-bond donors (Lipinski definition) is 2. The number of amides is 4. The second-order valence-corrected chi connectivity index (χ2v) is 7.69. The Kier molecular flexibility index (Phi) is 5.66. The molecule has 0 aromatic heterocycles. The maximum atomic E-state index is 13.7. The van der Waals surface area contributed by atoms with E-state index in [9.17, 15) is 18.8 Å². The number of nitrogens with zero attached hydrogens (tertiary/aromatic N) is 2. The molecule has 3 aliphatic heterocycles. The molecule has 9 heteroatoms. The molecule has 1 unspecified atom stereocenters. The molecule has 4 rings (SSSR count). The van der Waals surface area contributed by atoms with Gasteiger partial charge in [0.2, 0.25) is 11.8 Å². The lowest BCUT2D eigenvalue weighted by molar-refractivity contribution is -0.127. The van der Waals surface area contributed by atoms with Gasteiger partial charge in [0.25, 0.3) is 0 Å². The Balaban J connectivity index is 1.34. The highest BCUT2D eigenvalue weighted by Crippen LogP contribution is 2.33. The van der Waals surface area contributed by atoms with Gasteiger partial charge in [-0.15, -0.1) is 0 Å². The number of hydrogen-bond acceptors (Lipinski definition) is 4. The van der Waals surface area contributed by atoms with Crippen molar-refractivity contribution in [3.63, 3.8) is 0 Å². The number of carbonyl (C=O) groups is 3. The first-order valence-corrected chi connectivity index (χ1v) is 10.0. The van der Waals surface area contributed by atoms with Gasteiger partial charge < -0.3 is 25.2 Å². The summed E-state index contributed by atoms with van der Waals surface area (Å²) in [6.45, 7) is 3.48.